The quantitative estimate of drug-likeness (QED) is 0.793. The average Bonchev–Trinajstić information content (AvgIpc) is 2.90. The van der Waals surface area contributed by atoms with Crippen molar-refractivity contribution in [3.63, 3.8) is 0 Å². The fourth-order valence-corrected chi connectivity index (χ4v) is 2.64. The van der Waals surface area contributed by atoms with Crippen LogP contribution < -0.4 is 0 Å². The Morgan fingerprint density at radius 2 is 1.86 bits per heavy atom. The second-order valence-electron chi connectivity index (χ2n) is 5.18. The Kier molecular flexibility index (Phi) is 5.16. The van der Waals surface area contributed by atoms with Gasteiger partial charge in [-0.1, -0.05) is 11.8 Å². The molecule has 0 N–H and O–H groups in total. The first-order chi connectivity index (χ1) is 10.4. The molecular weight excluding hydrogens is 301 g/mol. The fraction of sp³-hybridized carbons (Fsp3) is 0.400. The first-order valence-corrected chi connectivity index (χ1v) is 7.76. The number of thioether (sulfide) groups is 1. The molecule has 0 saturated carbocycles. The largest absolute Gasteiger partial charge is 0.300 e. The fourth-order valence-electron chi connectivity index (χ4n) is 1.88. The van der Waals surface area contributed by atoms with Crippen molar-refractivity contribution in [1.82, 2.24) is 19.7 Å². The van der Waals surface area contributed by atoms with E-state index >= 15 is 0 Å². The standard InChI is InChI=1S/C15H18FN5S/c1-10(9-17)22-15-19-18-14(11(2)20(3)4)21(15)13-7-5-12(16)6-8-13/h5-8,10-11H,1-4H3/t10-,11+/m1/s1. The van der Waals surface area contributed by atoms with Crippen LogP contribution in [0.4, 0.5) is 4.39 Å². The van der Waals surface area contributed by atoms with Gasteiger partial charge in [-0.25, -0.2) is 4.39 Å². The van der Waals surface area contributed by atoms with Crippen LogP contribution in [0.2, 0.25) is 0 Å². The summed E-state index contributed by atoms with van der Waals surface area (Å²) in [4.78, 5) is 2.02. The molecule has 7 heteroatoms. The molecule has 2 atom stereocenters. The lowest BCUT2D eigenvalue weighted by atomic mass is 10.2. The summed E-state index contributed by atoms with van der Waals surface area (Å²) in [7, 11) is 3.91. The number of aromatic nitrogens is 3. The van der Waals surface area contributed by atoms with E-state index in [1.54, 1.807) is 12.1 Å². The zero-order valence-electron chi connectivity index (χ0n) is 13.0. The van der Waals surface area contributed by atoms with E-state index in [0.717, 1.165) is 11.5 Å². The molecule has 1 aromatic heterocycles. The van der Waals surface area contributed by atoms with Gasteiger partial charge < -0.3 is 0 Å². The normalized spacial score (nSPS) is 13.9. The van der Waals surface area contributed by atoms with Crippen LogP contribution in [0, 0.1) is 17.1 Å². The van der Waals surface area contributed by atoms with Gasteiger partial charge in [0, 0.05) is 5.69 Å². The summed E-state index contributed by atoms with van der Waals surface area (Å²) in [5.74, 6) is 0.461. The first-order valence-electron chi connectivity index (χ1n) is 6.88. The molecule has 116 valence electrons. The molecule has 1 heterocycles. The van der Waals surface area contributed by atoms with Gasteiger partial charge in [-0.05, 0) is 52.2 Å². The molecule has 0 aliphatic rings. The van der Waals surface area contributed by atoms with Crippen LogP contribution in [0.1, 0.15) is 25.7 Å². The zero-order chi connectivity index (χ0) is 16.3. The minimum atomic E-state index is -0.293. The molecule has 22 heavy (non-hydrogen) atoms. The molecule has 2 aromatic rings. The molecule has 0 unspecified atom stereocenters. The lowest BCUT2D eigenvalue weighted by molar-refractivity contribution is 0.305. The zero-order valence-corrected chi connectivity index (χ0v) is 13.8. The molecule has 0 amide bonds. The lowest BCUT2D eigenvalue weighted by Gasteiger charge is -2.20. The Bertz CT molecular complexity index is 674. The number of benzene rings is 1. The highest BCUT2D eigenvalue weighted by Gasteiger charge is 2.22. The Hall–Kier alpha value is -1.91. The second kappa shape index (κ2) is 6.90. The second-order valence-corrected chi connectivity index (χ2v) is 6.49. The van der Waals surface area contributed by atoms with Gasteiger partial charge in [-0.2, -0.15) is 5.26 Å². The SMILES string of the molecule is C[C@H](C#N)Sc1nnc([C@H](C)N(C)C)n1-c1ccc(F)cc1. The van der Waals surface area contributed by atoms with Crippen molar-refractivity contribution in [1.29, 1.82) is 5.26 Å². The molecular formula is C15H18FN5S. The Morgan fingerprint density at radius 1 is 1.23 bits per heavy atom. The number of nitrogens with zero attached hydrogens (tertiary/aromatic N) is 5. The van der Waals surface area contributed by atoms with Crippen LogP contribution in [0.25, 0.3) is 5.69 Å². The van der Waals surface area contributed by atoms with Crippen LogP contribution in [0.3, 0.4) is 0 Å². The molecule has 0 saturated heterocycles. The smallest absolute Gasteiger partial charge is 0.197 e. The van der Waals surface area contributed by atoms with Crippen molar-refractivity contribution in [2.45, 2.75) is 30.3 Å². The highest BCUT2D eigenvalue weighted by atomic mass is 32.2. The van der Waals surface area contributed by atoms with Crippen molar-refractivity contribution in [3.8, 4) is 11.8 Å². The third-order valence-electron chi connectivity index (χ3n) is 3.36. The van der Waals surface area contributed by atoms with Crippen molar-refractivity contribution >= 4 is 11.8 Å². The number of nitriles is 1. The molecule has 0 aliphatic heterocycles. The topological polar surface area (TPSA) is 57.7 Å². The van der Waals surface area contributed by atoms with Crippen molar-refractivity contribution in [3.05, 3.63) is 35.9 Å². The van der Waals surface area contributed by atoms with Crippen molar-refractivity contribution in [2.75, 3.05) is 14.1 Å². The highest BCUT2D eigenvalue weighted by molar-refractivity contribution is 8.00. The summed E-state index contributed by atoms with van der Waals surface area (Å²) >= 11 is 1.34. The lowest BCUT2D eigenvalue weighted by Crippen LogP contribution is -2.20. The summed E-state index contributed by atoms with van der Waals surface area (Å²) in [6.45, 7) is 3.83. The molecule has 0 fully saturated rings. The molecule has 0 aliphatic carbocycles. The van der Waals surface area contributed by atoms with Crippen LogP contribution in [0.15, 0.2) is 29.4 Å². The number of hydrogen-bond donors (Lipinski definition) is 0. The van der Waals surface area contributed by atoms with E-state index in [9.17, 15) is 4.39 Å². The van der Waals surface area contributed by atoms with Crippen LogP contribution in [-0.2, 0) is 0 Å². The predicted octanol–water partition coefficient (Wildman–Crippen LogP) is 3.03. The molecule has 2 rings (SSSR count). The summed E-state index contributed by atoms with van der Waals surface area (Å²) < 4.78 is 15.1. The van der Waals surface area contributed by atoms with Gasteiger partial charge >= 0.3 is 0 Å². The third kappa shape index (κ3) is 3.46. The van der Waals surface area contributed by atoms with E-state index in [-0.39, 0.29) is 17.1 Å². The maximum absolute atomic E-state index is 13.2. The van der Waals surface area contributed by atoms with Gasteiger partial charge in [-0.15, -0.1) is 10.2 Å². The van der Waals surface area contributed by atoms with Gasteiger partial charge in [0.1, 0.15) is 5.82 Å². The minimum Gasteiger partial charge on any atom is -0.300 e. The monoisotopic (exact) mass is 319 g/mol. The van der Waals surface area contributed by atoms with Gasteiger partial charge in [0.25, 0.3) is 0 Å². The van der Waals surface area contributed by atoms with Crippen LogP contribution >= 0.6 is 11.8 Å². The van der Waals surface area contributed by atoms with Gasteiger partial charge in [0.15, 0.2) is 11.0 Å². The highest BCUT2D eigenvalue weighted by Crippen LogP contribution is 2.28. The molecule has 0 bridgehead atoms. The van der Waals surface area contributed by atoms with E-state index in [4.69, 9.17) is 5.26 Å². The average molecular weight is 319 g/mol. The Morgan fingerprint density at radius 3 is 2.41 bits per heavy atom. The summed E-state index contributed by atoms with van der Waals surface area (Å²) in [5.41, 5.74) is 0.780. The van der Waals surface area contributed by atoms with E-state index in [0.29, 0.717) is 5.16 Å². The number of halogens is 1. The molecule has 0 spiro atoms. The molecule has 1 aromatic carbocycles. The van der Waals surface area contributed by atoms with E-state index in [1.807, 2.05) is 37.4 Å². The maximum Gasteiger partial charge on any atom is 0.197 e. The molecule has 5 nitrogen and oxygen atoms in total. The summed E-state index contributed by atoms with van der Waals surface area (Å²) in [6, 6.07) is 8.39. The van der Waals surface area contributed by atoms with Gasteiger partial charge in [-0.3, -0.25) is 9.47 Å². The van der Waals surface area contributed by atoms with Gasteiger partial charge in [0.05, 0.1) is 17.4 Å². The van der Waals surface area contributed by atoms with Crippen LogP contribution in [-0.4, -0.2) is 39.0 Å². The van der Waals surface area contributed by atoms with Crippen molar-refractivity contribution in [2.24, 2.45) is 0 Å². The number of rotatable bonds is 5. The van der Waals surface area contributed by atoms with Gasteiger partial charge in [0.2, 0.25) is 0 Å². The minimum absolute atomic E-state index is 0.0318. The third-order valence-corrected chi connectivity index (χ3v) is 4.29. The van der Waals surface area contributed by atoms with E-state index < -0.39 is 0 Å². The van der Waals surface area contributed by atoms with E-state index in [1.165, 1.54) is 23.9 Å². The Balaban J connectivity index is 2.52. The maximum atomic E-state index is 13.2. The van der Waals surface area contributed by atoms with Crippen molar-refractivity contribution < 1.29 is 4.39 Å². The first kappa shape index (κ1) is 16.5. The van der Waals surface area contributed by atoms with E-state index in [2.05, 4.69) is 16.3 Å². The molecule has 0 radical (unpaired) electrons. The summed E-state index contributed by atoms with van der Waals surface area (Å²) in [6.07, 6.45) is 0. The number of hydrogen-bond acceptors (Lipinski definition) is 5. The Labute approximate surface area is 133 Å². The van der Waals surface area contributed by atoms with Crippen LogP contribution in [0.5, 0.6) is 0 Å². The predicted molar refractivity (Wildman–Crippen MR) is 84.4 cm³/mol. The summed E-state index contributed by atoms with van der Waals surface area (Å²) in [5, 5.41) is 17.9.